The Bertz CT molecular complexity index is 564. The highest BCUT2D eigenvalue weighted by Gasteiger charge is 2.30. The second kappa shape index (κ2) is 4.32. The van der Waals surface area contributed by atoms with Crippen LogP contribution >= 0.6 is 0 Å². The van der Waals surface area contributed by atoms with Crippen LogP contribution in [0.25, 0.3) is 11.5 Å². The zero-order valence-corrected chi connectivity index (χ0v) is 9.32. The number of alkyl halides is 3. The Morgan fingerprint density at radius 1 is 1.33 bits per heavy atom. The summed E-state index contributed by atoms with van der Waals surface area (Å²) in [6, 6.07) is 4.59. The zero-order chi connectivity index (χ0) is 13.3. The van der Waals surface area contributed by atoms with Gasteiger partial charge in [-0.2, -0.15) is 18.2 Å². The molecule has 0 aliphatic heterocycles. The largest absolute Gasteiger partial charge is 0.508 e. The molecular formula is C11H9F3N2O2. The van der Waals surface area contributed by atoms with Crippen molar-refractivity contribution in [3.63, 3.8) is 0 Å². The standard InChI is InChI=1S/C11H9F3N2O2/c1-6-7(3-2-4-8(6)17)10-15-9(16-18-10)5-11(12,13)14/h2-4,17H,5H2,1H3. The third-order valence-electron chi connectivity index (χ3n) is 2.36. The number of aromatic hydroxyl groups is 1. The molecule has 1 aromatic carbocycles. The van der Waals surface area contributed by atoms with Crippen molar-refractivity contribution >= 4 is 0 Å². The normalized spacial score (nSPS) is 11.8. The minimum absolute atomic E-state index is 0.0167. The molecule has 0 amide bonds. The van der Waals surface area contributed by atoms with Crippen molar-refractivity contribution < 1.29 is 22.8 Å². The summed E-state index contributed by atoms with van der Waals surface area (Å²) in [5.74, 6) is -0.453. The Kier molecular flexibility index (Phi) is 2.98. The van der Waals surface area contributed by atoms with Crippen LogP contribution in [0.1, 0.15) is 11.4 Å². The molecule has 0 radical (unpaired) electrons. The second-order valence-electron chi connectivity index (χ2n) is 3.76. The van der Waals surface area contributed by atoms with E-state index in [0.29, 0.717) is 11.1 Å². The highest BCUT2D eigenvalue weighted by molar-refractivity contribution is 5.61. The molecule has 18 heavy (non-hydrogen) atoms. The average molecular weight is 258 g/mol. The number of hydrogen-bond donors (Lipinski definition) is 1. The molecule has 2 aromatic rings. The van der Waals surface area contributed by atoms with E-state index in [0.717, 1.165) is 0 Å². The van der Waals surface area contributed by atoms with E-state index in [2.05, 4.69) is 10.1 Å². The van der Waals surface area contributed by atoms with Crippen LogP contribution in [0.3, 0.4) is 0 Å². The van der Waals surface area contributed by atoms with E-state index in [1.807, 2.05) is 0 Å². The van der Waals surface area contributed by atoms with Crippen molar-refractivity contribution in [2.75, 3.05) is 0 Å². The lowest BCUT2D eigenvalue weighted by molar-refractivity contribution is -0.128. The van der Waals surface area contributed by atoms with Crippen molar-refractivity contribution in [2.45, 2.75) is 19.5 Å². The molecule has 0 spiro atoms. The van der Waals surface area contributed by atoms with Crippen molar-refractivity contribution in [1.82, 2.24) is 10.1 Å². The molecule has 4 nitrogen and oxygen atoms in total. The zero-order valence-electron chi connectivity index (χ0n) is 9.32. The third kappa shape index (κ3) is 2.61. The van der Waals surface area contributed by atoms with Gasteiger partial charge in [0.15, 0.2) is 5.82 Å². The predicted octanol–water partition coefficient (Wildman–Crippen LogP) is 2.86. The number of phenols is 1. The smallest absolute Gasteiger partial charge is 0.396 e. The first-order valence-electron chi connectivity index (χ1n) is 5.05. The summed E-state index contributed by atoms with van der Waals surface area (Å²) in [5, 5.41) is 12.7. The molecule has 0 saturated heterocycles. The number of aromatic nitrogens is 2. The molecule has 0 aliphatic rings. The van der Waals surface area contributed by atoms with Gasteiger partial charge in [0.05, 0.1) is 0 Å². The molecule has 96 valence electrons. The topological polar surface area (TPSA) is 59.2 Å². The van der Waals surface area contributed by atoms with Crippen LogP contribution in [0.5, 0.6) is 5.75 Å². The summed E-state index contributed by atoms with van der Waals surface area (Å²) < 4.78 is 41.2. The molecule has 1 aromatic heterocycles. The second-order valence-corrected chi connectivity index (χ2v) is 3.76. The number of benzene rings is 1. The fourth-order valence-corrected chi connectivity index (χ4v) is 1.47. The first kappa shape index (κ1) is 12.4. The van der Waals surface area contributed by atoms with Gasteiger partial charge in [-0.1, -0.05) is 11.2 Å². The first-order valence-corrected chi connectivity index (χ1v) is 5.05. The summed E-state index contributed by atoms with van der Waals surface area (Å²) in [4.78, 5) is 3.66. The van der Waals surface area contributed by atoms with Crippen LogP contribution in [0.15, 0.2) is 22.7 Å². The summed E-state index contributed by atoms with van der Waals surface area (Å²) >= 11 is 0. The molecule has 1 N–H and O–H groups in total. The molecule has 0 saturated carbocycles. The van der Waals surface area contributed by atoms with E-state index in [4.69, 9.17) is 4.52 Å². The van der Waals surface area contributed by atoms with Gasteiger partial charge in [0.1, 0.15) is 12.2 Å². The molecule has 0 atom stereocenters. The van der Waals surface area contributed by atoms with E-state index < -0.39 is 18.4 Å². The minimum Gasteiger partial charge on any atom is -0.508 e. The lowest BCUT2D eigenvalue weighted by Crippen LogP contribution is -2.12. The maximum Gasteiger partial charge on any atom is 0.396 e. The fourth-order valence-electron chi connectivity index (χ4n) is 1.47. The summed E-state index contributed by atoms with van der Waals surface area (Å²) in [6.07, 6.45) is -5.62. The fraction of sp³-hybridized carbons (Fsp3) is 0.273. The number of hydrogen-bond acceptors (Lipinski definition) is 4. The summed E-state index contributed by atoms with van der Waals surface area (Å²) in [5.41, 5.74) is 0.885. The van der Waals surface area contributed by atoms with Crippen LogP contribution in [-0.2, 0) is 6.42 Å². The first-order chi connectivity index (χ1) is 8.37. The van der Waals surface area contributed by atoms with Gasteiger partial charge >= 0.3 is 6.18 Å². The average Bonchev–Trinajstić information content (AvgIpc) is 2.68. The molecule has 7 heteroatoms. The molecule has 0 unspecified atom stereocenters. The Labute approximate surface area is 100 Å². The maximum atomic E-state index is 12.1. The number of halogens is 3. The van der Waals surface area contributed by atoms with Crippen molar-refractivity contribution in [1.29, 1.82) is 0 Å². The van der Waals surface area contributed by atoms with Crippen LogP contribution < -0.4 is 0 Å². The van der Waals surface area contributed by atoms with Gasteiger partial charge in [0.2, 0.25) is 0 Å². The third-order valence-corrected chi connectivity index (χ3v) is 2.36. The van der Waals surface area contributed by atoms with Crippen molar-refractivity contribution in [2.24, 2.45) is 0 Å². The number of nitrogens with zero attached hydrogens (tertiary/aromatic N) is 2. The van der Waals surface area contributed by atoms with Crippen LogP contribution in [0.4, 0.5) is 13.2 Å². The number of phenolic OH excluding ortho intramolecular Hbond substituents is 1. The van der Waals surface area contributed by atoms with Crippen LogP contribution in [0.2, 0.25) is 0 Å². The monoisotopic (exact) mass is 258 g/mol. The Morgan fingerprint density at radius 3 is 2.72 bits per heavy atom. The van der Waals surface area contributed by atoms with E-state index in [-0.39, 0.29) is 11.6 Å². The van der Waals surface area contributed by atoms with Gasteiger partial charge in [0, 0.05) is 11.1 Å². The van der Waals surface area contributed by atoms with Gasteiger partial charge in [-0.25, -0.2) is 0 Å². The Balaban J connectivity index is 2.33. The van der Waals surface area contributed by atoms with Crippen LogP contribution in [-0.4, -0.2) is 21.4 Å². The minimum atomic E-state index is -4.38. The number of rotatable bonds is 2. The van der Waals surface area contributed by atoms with Crippen molar-refractivity contribution in [3.8, 4) is 17.2 Å². The molecule has 0 aliphatic carbocycles. The Hall–Kier alpha value is -2.05. The van der Waals surface area contributed by atoms with Gasteiger partial charge in [-0.05, 0) is 19.1 Å². The van der Waals surface area contributed by atoms with Gasteiger partial charge < -0.3 is 9.63 Å². The quantitative estimate of drug-likeness (QED) is 0.899. The molecule has 0 bridgehead atoms. The van der Waals surface area contributed by atoms with E-state index in [1.54, 1.807) is 19.1 Å². The molecule has 2 rings (SSSR count). The predicted molar refractivity (Wildman–Crippen MR) is 55.9 cm³/mol. The maximum absolute atomic E-state index is 12.1. The summed E-state index contributed by atoms with van der Waals surface area (Å²) in [6.45, 7) is 1.61. The van der Waals surface area contributed by atoms with Crippen molar-refractivity contribution in [3.05, 3.63) is 29.6 Å². The van der Waals surface area contributed by atoms with E-state index in [1.165, 1.54) is 6.07 Å². The SMILES string of the molecule is Cc1c(O)cccc1-c1nc(CC(F)(F)F)no1. The Morgan fingerprint density at radius 2 is 2.06 bits per heavy atom. The van der Waals surface area contributed by atoms with Gasteiger partial charge in [-0.15, -0.1) is 0 Å². The van der Waals surface area contributed by atoms with E-state index >= 15 is 0 Å². The van der Waals surface area contributed by atoms with E-state index in [9.17, 15) is 18.3 Å². The molecular weight excluding hydrogens is 249 g/mol. The highest BCUT2D eigenvalue weighted by Crippen LogP contribution is 2.28. The van der Waals surface area contributed by atoms with Gasteiger partial charge in [0.25, 0.3) is 5.89 Å². The highest BCUT2D eigenvalue weighted by atomic mass is 19.4. The molecule has 1 heterocycles. The lowest BCUT2D eigenvalue weighted by Gasteiger charge is -2.02. The lowest BCUT2D eigenvalue weighted by atomic mass is 10.1. The summed E-state index contributed by atoms with van der Waals surface area (Å²) in [7, 11) is 0. The van der Waals surface area contributed by atoms with Gasteiger partial charge in [-0.3, -0.25) is 0 Å². The van der Waals surface area contributed by atoms with Crippen LogP contribution in [0, 0.1) is 6.92 Å². The molecule has 0 fully saturated rings.